The summed E-state index contributed by atoms with van der Waals surface area (Å²) in [5.74, 6) is 0.895. The molecule has 0 amide bonds. The van der Waals surface area contributed by atoms with Gasteiger partial charge in [0.2, 0.25) is 0 Å². The lowest BCUT2D eigenvalue weighted by atomic mass is 10.2. The fraction of sp³-hybridized carbons (Fsp3) is 0.417. The van der Waals surface area contributed by atoms with Crippen molar-refractivity contribution in [3.05, 3.63) is 29.8 Å². The Morgan fingerprint density at radius 3 is 2.53 bits per heavy atom. The van der Waals surface area contributed by atoms with E-state index in [2.05, 4.69) is 24.4 Å². The molecule has 0 bridgehead atoms. The third-order valence-electron chi connectivity index (χ3n) is 1.74. The molecule has 0 atom stereocenters. The summed E-state index contributed by atoms with van der Waals surface area (Å²) in [6.45, 7) is 6.77. The minimum Gasteiger partial charge on any atom is -0.494 e. The Hall–Kier alpha value is -1.51. The Balaban J connectivity index is 2.52. The van der Waals surface area contributed by atoms with Gasteiger partial charge in [0.1, 0.15) is 5.75 Å². The average Bonchev–Trinajstić information content (AvgIpc) is 2.20. The summed E-state index contributed by atoms with van der Waals surface area (Å²) in [6.07, 6.45) is 1.80. The van der Waals surface area contributed by atoms with Crippen molar-refractivity contribution in [1.29, 1.82) is 0 Å². The van der Waals surface area contributed by atoms with Gasteiger partial charge in [0.25, 0.3) is 0 Å². The first-order chi connectivity index (χ1) is 7.22. The minimum atomic E-state index is 0.365. The SMILES string of the molecule is CCOc1ccc(/C=N/NC(C)C)cc1. The summed E-state index contributed by atoms with van der Waals surface area (Å²) in [4.78, 5) is 0. The Morgan fingerprint density at radius 1 is 1.33 bits per heavy atom. The van der Waals surface area contributed by atoms with E-state index in [4.69, 9.17) is 4.74 Å². The first-order valence-electron chi connectivity index (χ1n) is 5.24. The highest BCUT2D eigenvalue weighted by Crippen LogP contribution is 2.10. The number of hydrazone groups is 1. The third kappa shape index (κ3) is 4.49. The van der Waals surface area contributed by atoms with E-state index in [-0.39, 0.29) is 0 Å². The molecule has 1 N–H and O–H groups in total. The summed E-state index contributed by atoms with van der Waals surface area (Å²) in [5.41, 5.74) is 4.03. The molecule has 0 saturated heterocycles. The molecular formula is C12H18N2O. The van der Waals surface area contributed by atoms with Crippen LogP contribution in [0.4, 0.5) is 0 Å². The zero-order chi connectivity index (χ0) is 11.1. The molecule has 82 valence electrons. The third-order valence-corrected chi connectivity index (χ3v) is 1.74. The maximum absolute atomic E-state index is 5.34. The molecule has 0 aliphatic rings. The van der Waals surface area contributed by atoms with Crippen LogP contribution in [0.15, 0.2) is 29.4 Å². The summed E-state index contributed by atoms with van der Waals surface area (Å²) < 4.78 is 5.34. The second-order valence-corrected chi connectivity index (χ2v) is 3.54. The van der Waals surface area contributed by atoms with E-state index in [9.17, 15) is 0 Å². The summed E-state index contributed by atoms with van der Waals surface area (Å²) in [7, 11) is 0. The molecule has 0 aliphatic heterocycles. The highest BCUT2D eigenvalue weighted by atomic mass is 16.5. The lowest BCUT2D eigenvalue weighted by Crippen LogP contribution is -2.15. The van der Waals surface area contributed by atoms with Crippen molar-refractivity contribution in [1.82, 2.24) is 5.43 Å². The Kier molecular flexibility index (Phi) is 4.68. The maximum atomic E-state index is 5.34. The maximum Gasteiger partial charge on any atom is 0.119 e. The fourth-order valence-corrected chi connectivity index (χ4v) is 1.08. The molecule has 0 spiro atoms. The second kappa shape index (κ2) is 6.06. The van der Waals surface area contributed by atoms with E-state index in [1.54, 1.807) is 6.21 Å². The van der Waals surface area contributed by atoms with Gasteiger partial charge in [0.15, 0.2) is 0 Å². The van der Waals surface area contributed by atoms with Crippen molar-refractivity contribution in [2.24, 2.45) is 5.10 Å². The standard InChI is InChI=1S/C12H18N2O/c1-4-15-12-7-5-11(6-8-12)9-13-14-10(2)3/h5-10,14H,4H2,1-3H3/b13-9+. The van der Waals surface area contributed by atoms with Gasteiger partial charge in [-0.25, -0.2) is 0 Å². The topological polar surface area (TPSA) is 33.6 Å². The van der Waals surface area contributed by atoms with Crippen LogP contribution in [0.2, 0.25) is 0 Å². The number of rotatable bonds is 5. The molecule has 1 aromatic rings. The Bertz CT molecular complexity index is 304. The quantitative estimate of drug-likeness (QED) is 0.593. The predicted octanol–water partition coefficient (Wildman–Crippen LogP) is 2.42. The van der Waals surface area contributed by atoms with Gasteiger partial charge >= 0.3 is 0 Å². The van der Waals surface area contributed by atoms with Gasteiger partial charge in [-0.3, -0.25) is 0 Å². The Morgan fingerprint density at radius 2 is 2.00 bits per heavy atom. The minimum absolute atomic E-state index is 0.365. The van der Waals surface area contributed by atoms with Crippen LogP contribution in [0, 0.1) is 0 Å². The van der Waals surface area contributed by atoms with Gasteiger partial charge < -0.3 is 10.2 Å². The largest absolute Gasteiger partial charge is 0.494 e. The van der Waals surface area contributed by atoms with Crippen molar-refractivity contribution in [3.8, 4) is 5.75 Å². The van der Waals surface area contributed by atoms with Crippen molar-refractivity contribution in [3.63, 3.8) is 0 Å². The van der Waals surface area contributed by atoms with Gasteiger partial charge in [-0.15, -0.1) is 0 Å². The summed E-state index contributed by atoms with van der Waals surface area (Å²) in [5, 5.41) is 4.10. The first-order valence-corrected chi connectivity index (χ1v) is 5.24. The summed E-state index contributed by atoms with van der Waals surface area (Å²) >= 11 is 0. The van der Waals surface area contributed by atoms with Gasteiger partial charge in [0, 0.05) is 6.04 Å². The molecule has 1 rings (SSSR count). The van der Waals surface area contributed by atoms with Crippen molar-refractivity contribution >= 4 is 6.21 Å². The van der Waals surface area contributed by atoms with E-state index in [1.165, 1.54) is 0 Å². The van der Waals surface area contributed by atoms with Crippen LogP contribution in [0.3, 0.4) is 0 Å². The molecule has 0 heterocycles. The van der Waals surface area contributed by atoms with E-state index >= 15 is 0 Å². The molecule has 0 radical (unpaired) electrons. The normalized spacial score (nSPS) is 10.9. The molecule has 0 saturated carbocycles. The molecule has 0 unspecified atom stereocenters. The van der Waals surface area contributed by atoms with E-state index in [0.29, 0.717) is 12.6 Å². The van der Waals surface area contributed by atoms with Crippen molar-refractivity contribution in [2.75, 3.05) is 6.61 Å². The lowest BCUT2D eigenvalue weighted by Gasteiger charge is -2.03. The van der Waals surface area contributed by atoms with Crippen molar-refractivity contribution < 1.29 is 4.74 Å². The first kappa shape index (κ1) is 11.6. The number of hydrogen-bond donors (Lipinski definition) is 1. The number of benzene rings is 1. The molecule has 3 heteroatoms. The van der Waals surface area contributed by atoms with Crippen molar-refractivity contribution in [2.45, 2.75) is 26.8 Å². The number of nitrogens with one attached hydrogen (secondary N) is 1. The molecule has 3 nitrogen and oxygen atoms in total. The number of hydrogen-bond acceptors (Lipinski definition) is 3. The number of ether oxygens (including phenoxy) is 1. The fourth-order valence-electron chi connectivity index (χ4n) is 1.08. The number of nitrogens with zero attached hydrogens (tertiary/aromatic N) is 1. The molecular weight excluding hydrogens is 188 g/mol. The van der Waals surface area contributed by atoms with Gasteiger partial charge in [0.05, 0.1) is 12.8 Å². The van der Waals surface area contributed by atoms with Crippen LogP contribution < -0.4 is 10.2 Å². The summed E-state index contributed by atoms with van der Waals surface area (Å²) in [6, 6.07) is 8.22. The zero-order valence-corrected chi connectivity index (χ0v) is 9.53. The predicted molar refractivity (Wildman–Crippen MR) is 63.5 cm³/mol. The highest BCUT2D eigenvalue weighted by molar-refractivity contribution is 5.79. The molecule has 1 aromatic carbocycles. The van der Waals surface area contributed by atoms with Gasteiger partial charge in [-0.1, -0.05) is 0 Å². The highest BCUT2D eigenvalue weighted by Gasteiger charge is 1.92. The molecule has 0 aliphatic carbocycles. The average molecular weight is 206 g/mol. The van der Waals surface area contributed by atoms with Gasteiger partial charge in [-0.05, 0) is 50.6 Å². The van der Waals surface area contributed by atoms with E-state index in [0.717, 1.165) is 11.3 Å². The van der Waals surface area contributed by atoms with Crippen LogP contribution in [-0.2, 0) is 0 Å². The van der Waals surface area contributed by atoms with Crippen LogP contribution in [0.1, 0.15) is 26.3 Å². The molecule has 15 heavy (non-hydrogen) atoms. The van der Waals surface area contributed by atoms with Crippen LogP contribution in [0.25, 0.3) is 0 Å². The second-order valence-electron chi connectivity index (χ2n) is 3.54. The van der Waals surface area contributed by atoms with Crippen LogP contribution in [-0.4, -0.2) is 18.9 Å². The monoisotopic (exact) mass is 206 g/mol. The molecule has 0 aromatic heterocycles. The molecule has 0 fully saturated rings. The zero-order valence-electron chi connectivity index (χ0n) is 9.53. The van der Waals surface area contributed by atoms with E-state index < -0.39 is 0 Å². The van der Waals surface area contributed by atoms with E-state index in [1.807, 2.05) is 31.2 Å². The smallest absolute Gasteiger partial charge is 0.119 e. The van der Waals surface area contributed by atoms with Crippen LogP contribution in [0.5, 0.6) is 5.75 Å². The van der Waals surface area contributed by atoms with Gasteiger partial charge in [-0.2, -0.15) is 5.10 Å². The van der Waals surface area contributed by atoms with Crippen LogP contribution >= 0.6 is 0 Å². The lowest BCUT2D eigenvalue weighted by molar-refractivity contribution is 0.340. The Labute approximate surface area is 91.1 Å².